The van der Waals surface area contributed by atoms with Crippen LogP contribution in [0.15, 0.2) is 4.79 Å². The molecule has 4 heterocycles. The number of aromatic nitrogens is 2. The van der Waals surface area contributed by atoms with Crippen LogP contribution >= 0.6 is 11.3 Å². The summed E-state index contributed by atoms with van der Waals surface area (Å²) in [5.74, 6) is 2.01. The van der Waals surface area contributed by atoms with E-state index < -0.39 is 0 Å². The fourth-order valence-electron chi connectivity index (χ4n) is 5.02. The summed E-state index contributed by atoms with van der Waals surface area (Å²) in [5.41, 5.74) is 1.16. The quantitative estimate of drug-likeness (QED) is 0.713. The van der Waals surface area contributed by atoms with Gasteiger partial charge in [-0.15, -0.1) is 11.3 Å². The predicted octanol–water partition coefficient (Wildman–Crippen LogP) is 4.09. The van der Waals surface area contributed by atoms with Gasteiger partial charge in [0.15, 0.2) is 0 Å². The number of likely N-dealkylation sites (tertiary alicyclic amines) is 2. The Balaban J connectivity index is 1.58. The van der Waals surface area contributed by atoms with E-state index in [0.717, 1.165) is 79.4 Å². The summed E-state index contributed by atoms with van der Waals surface area (Å²) in [7, 11) is 0. The van der Waals surface area contributed by atoms with E-state index in [0.29, 0.717) is 6.54 Å². The molecule has 0 aromatic carbocycles. The third-order valence-electron chi connectivity index (χ3n) is 7.12. The van der Waals surface area contributed by atoms with Crippen molar-refractivity contribution in [2.75, 3.05) is 32.7 Å². The molecule has 2 fully saturated rings. The van der Waals surface area contributed by atoms with Crippen molar-refractivity contribution >= 4 is 27.5 Å². The van der Waals surface area contributed by atoms with Crippen molar-refractivity contribution in [2.24, 2.45) is 5.92 Å². The Morgan fingerprint density at radius 2 is 1.87 bits per heavy atom. The van der Waals surface area contributed by atoms with Crippen molar-refractivity contribution in [3.05, 3.63) is 26.6 Å². The largest absolute Gasteiger partial charge is 0.342 e. The number of piperidine rings is 2. The third-order valence-corrected chi connectivity index (χ3v) is 8.22. The summed E-state index contributed by atoms with van der Waals surface area (Å²) in [6, 6.07) is 0.0735. The number of thiophene rings is 1. The van der Waals surface area contributed by atoms with Crippen molar-refractivity contribution in [1.82, 2.24) is 19.4 Å². The highest BCUT2D eigenvalue weighted by atomic mass is 32.1. The first-order valence-corrected chi connectivity index (χ1v) is 12.6. The van der Waals surface area contributed by atoms with E-state index in [1.165, 1.54) is 4.88 Å². The number of carbonyl (C=O) groups is 1. The summed E-state index contributed by atoms with van der Waals surface area (Å²) in [6.07, 6.45) is 4.17. The summed E-state index contributed by atoms with van der Waals surface area (Å²) in [5, 5.41) is 0.780. The fraction of sp³-hybridized carbons (Fsp3) is 0.708. The lowest BCUT2D eigenvalue weighted by Crippen LogP contribution is -2.47. The molecule has 0 radical (unpaired) electrons. The molecule has 0 aliphatic carbocycles. The van der Waals surface area contributed by atoms with Gasteiger partial charge < -0.3 is 4.90 Å². The van der Waals surface area contributed by atoms with E-state index in [9.17, 15) is 9.59 Å². The summed E-state index contributed by atoms with van der Waals surface area (Å²) in [6.45, 7) is 14.5. The van der Waals surface area contributed by atoms with E-state index in [-0.39, 0.29) is 23.4 Å². The highest BCUT2D eigenvalue weighted by molar-refractivity contribution is 7.18. The Kier molecular flexibility index (Phi) is 6.54. The molecule has 2 aliphatic rings. The maximum absolute atomic E-state index is 13.6. The normalized spacial score (nSPS) is 21.4. The second-order valence-electron chi connectivity index (χ2n) is 9.86. The number of amides is 1. The molecule has 1 atom stereocenters. The lowest BCUT2D eigenvalue weighted by molar-refractivity contribution is -0.134. The maximum atomic E-state index is 13.6. The molecule has 0 unspecified atom stereocenters. The molecule has 0 bridgehead atoms. The molecular weight excluding hydrogens is 408 g/mol. The van der Waals surface area contributed by atoms with Gasteiger partial charge >= 0.3 is 0 Å². The topological polar surface area (TPSA) is 58.4 Å². The number of aryl methyl sites for hydroxylation is 2. The molecule has 0 saturated carbocycles. The van der Waals surface area contributed by atoms with Gasteiger partial charge in [0.2, 0.25) is 5.91 Å². The molecule has 0 N–H and O–H groups in total. The lowest BCUT2D eigenvalue weighted by atomic mass is 9.99. The van der Waals surface area contributed by atoms with Crippen LogP contribution in [0.2, 0.25) is 0 Å². The van der Waals surface area contributed by atoms with Crippen LogP contribution in [-0.4, -0.2) is 58.0 Å². The van der Waals surface area contributed by atoms with Crippen LogP contribution in [0.3, 0.4) is 0 Å². The minimum atomic E-state index is 0.0735. The average Bonchev–Trinajstić information content (AvgIpc) is 3.02. The first kappa shape index (κ1) is 22.5. The molecule has 31 heavy (non-hydrogen) atoms. The van der Waals surface area contributed by atoms with E-state index in [1.807, 2.05) is 16.4 Å². The zero-order chi connectivity index (χ0) is 22.3. The Morgan fingerprint density at radius 1 is 1.16 bits per heavy atom. The molecule has 2 saturated heterocycles. The molecule has 2 aromatic rings. The molecule has 1 amide bonds. The van der Waals surface area contributed by atoms with Crippen LogP contribution in [0, 0.1) is 19.8 Å². The van der Waals surface area contributed by atoms with Gasteiger partial charge in [0, 0.05) is 30.4 Å². The standard InChI is InChI=1S/C24H36N4O2S/c1-15(2)22-25-23-21(17(4)18(5)31-23)24(30)28(22)19-7-6-10-26(13-19)14-20(29)27-11-8-16(3)9-12-27/h15-16,19H,6-14H2,1-5H3/t19-/m1/s1. The van der Waals surface area contributed by atoms with E-state index in [1.54, 1.807) is 11.3 Å². The zero-order valence-electron chi connectivity index (χ0n) is 19.6. The first-order chi connectivity index (χ1) is 14.8. The van der Waals surface area contributed by atoms with Gasteiger partial charge in [-0.25, -0.2) is 4.98 Å². The van der Waals surface area contributed by atoms with Crippen molar-refractivity contribution < 1.29 is 4.79 Å². The summed E-state index contributed by atoms with van der Waals surface area (Å²) < 4.78 is 1.96. The van der Waals surface area contributed by atoms with Crippen LogP contribution in [0.1, 0.15) is 74.7 Å². The SMILES string of the molecule is Cc1sc2nc(C(C)C)n([C@@H]3CCCN(CC(=O)N4CCC(C)CC4)C3)c(=O)c2c1C. The van der Waals surface area contributed by atoms with Crippen molar-refractivity contribution in [3.8, 4) is 0 Å². The Hall–Kier alpha value is -1.73. The highest BCUT2D eigenvalue weighted by Crippen LogP contribution is 2.30. The van der Waals surface area contributed by atoms with Crippen LogP contribution in [0.5, 0.6) is 0 Å². The number of hydrogen-bond donors (Lipinski definition) is 0. The molecule has 170 valence electrons. The molecule has 2 aromatic heterocycles. The van der Waals surface area contributed by atoms with Crippen LogP contribution in [0.4, 0.5) is 0 Å². The summed E-state index contributed by atoms with van der Waals surface area (Å²) >= 11 is 1.62. The molecule has 7 heteroatoms. The van der Waals surface area contributed by atoms with Crippen LogP contribution < -0.4 is 5.56 Å². The van der Waals surface area contributed by atoms with Gasteiger partial charge in [-0.3, -0.25) is 19.1 Å². The van der Waals surface area contributed by atoms with Gasteiger partial charge in [-0.05, 0) is 57.6 Å². The zero-order valence-corrected chi connectivity index (χ0v) is 20.4. The Morgan fingerprint density at radius 3 is 2.55 bits per heavy atom. The van der Waals surface area contributed by atoms with Gasteiger partial charge in [0.25, 0.3) is 5.56 Å². The van der Waals surface area contributed by atoms with E-state index >= 15 is 0 Å². The smallest absolute Gasteiger partial charge is 0.262 e. The van der Waals surface area contributed by atoms with Crippen molar-refractivity contribution in [2.45, 2.75) is 72.3 Å². The molecule has 6 nitrogen and oxygen atoms in total. The monoisotopic (exact) mass is 444 g/mol. The maximum Gasteiger partial charge on any atom is 0.262 e. The number of hydrogen-bond acceptors (Lipinski definition) is 5. The minimum Gasteiger partial charge on any atom is -0.342 e. The predicted molar refractivity (Wildman–Crippen MR) is 127 cm³/mol. The molecule has 4 rings (SSSR count). The molecular formula is C24H36N4O2S. The van der Waals surface area contributed by atoms with E-state index in [4.69, 9.17) is 4.98 Å². The number of rotatable bonds is 4. The van der Waals surface area contributed by atoms with Gasteiger partial charge in [0.1, 0.15) is 10.7 Å². The third kappa shape index (κ3) is 4.44. The molecule has 0 spiro atoms. The number of carbonyl (C=O) groups excluding carboxylic acids is 1. The lowest BCUT2D eigenvalue weighted by Gasteiger charge is -2.37. The van der Waals surface area contributed by atoms with Gasteiger partial charge in [-0.1, -0.05) is 20.8 Å². The Labute approximate surface area is 189 Å². The Bertz CT molecular complexity index is 1020. The number of nitrogens with zero attached hydrogens (tertiary/aromatic N) is 4. The van der Waals surface area contributed by atoms with Gasteiger partial charge in [0.05, 0.1) is 18.0 Å². The van der Waals surface area contributed by atoms with Crippen LogP contribution in [0.25, 0.3) is 10.2 Å². The van der Waals surface area contributed by atoms with E-state index in [2.05, 4.69) is 32.6 Å². The first-order valence-electron chi connectivity index (χ1n) is 11.8. The number of fused-ring (bicyclic) bond motifs is 1. The highest BCUT2D eigenvalue weighted by Gasteiger charge is 2.29. The average molecular weight is 445 g/mol. The van der Waals surface area contributed by atoms with Crippen molar-refractivity contribution in [1.29, 1.82) is 0 Å². The second-order valence-corrected chi connectivity index (χ2v) is 11.1. The molecule has 2 aliphatic heterocycles. The van der Waals surface area contributed by atoms with Gasteiger partial charge in [-0.2, -0.15) is 0 Å². The minimum absolute atomic E-state index is 0.0735. The summed E-state index contributed by atoms with van der Waals surface area (Å²) in [4.78, 5) is 37.8. The van der Waals surface area contributed by atoms with Crippen molar-refractivity contribution in [3.63, 3.8) is 0 Å². The second kappa shape index (κ2) is 9.02. The van der Waals surface area contributed by atoms with Crippen LogP contribution in [-0.2, 0) is 4.79 Å². The fourth-order valence-corrected chi connectivity index (χ4v) is 6.04.